The maximum absolute atomic E-state index is 13.1. The van der Waals surface area contributed by atoms with E-state index in [1.165, 1.54) is 12.4 Å². The lowest BCUT2D eigenvalue weighted by Gasteiger charge is -1.96. The molecule has 0 N–H and O–H groups in total. The first-order valence-corrected chi connectivity index (χ1v) is 5.41. The van der Waals surface area contributed by atoms with Gasteiger partial charge in [-0.25, -0.2) is 18.7 Å². The third-order valence-electron chi connectivity index (χ3n) is 2.57. The number of aromatic nitrogens is 3. The molecule has 3 aromatic rings. The van der Waals surface area contributed by atoms with Gasteiger partial charge in [0.25, 0.3) is 0 Å². The van der Waals surface area contributed by atoms with Gasteiger partial charge in [-0.15, -0.1) is 0 Å². The van der Waals surface area contributed by atoms with Crippen LogP contribution in [0, 0.1) is 11.6 Å². The van der Waals surface area contributed by atoms with E-state index in [1.807, 2.05) is 0 Å². The van der Waals surface area contributed by atoms with E-state index in [9.17, 15) is 8.78 Å². The summed E-state index contributed by atoms with van der Waals surface area (Å²) in [5.41, 5.74) is 1.62. The number of halogens is 2. The van der Waals surface area contributed by atoms with Crippen LogP contribution in [0.2, 0.25) is 0 Å². The van der Waals surface area contributed by atoms with Crippen LogP contribution in [-0.2, 0) is 0 Å². The van der Waals surface area contributed by atoms with Gasteiger partial charge >= 0.3 is 0 Å². The Labute approximate surface area is 106 Å². The molecule has 0 amide bonds. The highest BCUT2D eigenvalue weighted by Crippen LogP contribution is 2.26. The average Bonchev–Trinajstić information content (AvgIpc) is 2.93. The van der Waals surface area contributed by atoms with E-state index in [0.29, 0.717) is 22.6 Å². The Bertz CT molecular complexity index is 713. The van der Waals surface area contributed by atoms with Crippen molar-refractivity contribution in [2.75, 3.05) is 0 Å². The standard InChI is InChI=1S/C13H7F2N3O/c14-10-2-1-8(3-11(10)15)13-4-12(18-19-13)9-5-16-7-17-6-9/h1-7H. The highest BCUT2D eigenvalue weighted by molar-refractivity contribution is 5.65. The third kappa shape index (κ3) is 2.20. The van der Waals surface area contributed by atoms with Gasteiger partial charge in [-0.3, -0.25) is 0 Å². The summed E-state index contributed by atoms with van der Waals surface area (Å²) in [6.45, 7) is 0. The zero-order valence-electron chi connectivity index (χ0n) is 9.55. The van der Waals surface area contributed by atoms with Crippen molar-refractivity contribution in [1.29, 1.82) is 0 Å². The van der Waals surface area contributed by atoms with Gasteiger partial charge in [-0.05, 0) is 18.2 Å². The second kappa shape index (κ2) is 4.56. The van der Waals surface area contributed by atoms with E-state index in [2.05, 4.69) is 15.1 Å². The van der Waals surface area contributed by atoms with E-state index in [-0.39, 0.29) is 0 Å². The van der Waals surface area contributed by atoms with Crippen molar-refractivity contribution in [2.24, 2.45) is 0 Å². The molecule has 0 spiro atoms. The van der Waals surface area contributed by atoms with Gasteiger partial charge in [0.2, 0.25) is 0 Å². The number of nitrogens with zero attached hydrogens (tertiary/aromatic N) is 3. The number of benzene rings is 1. The van der Waals surface area contributed by atoms with Crippen molar-refractivity contribution in [1.82, 2.24) is 15.1 Å². The molecule has 2 heterocycles. The van der Waals surface area contributed by atoms with Gasteiger partial charge in [0.1, 0.15) is 12.0 Å². The Kier molecular flexibility index (Phi) is 2.75. The van der Waals surface area contributed by atoms with E-state index in [4.69, 9.17) is 4.52 Å². The summed E-state index contributed by atoms with van der Waals surface area (Å²) in [6.07, 6.45) is 4.57. The van der Waals surface area contributed by atoms with Gasteiger partial charge < -0.3 is 4.52 Å². The lowest BCUT2D eigenvalue weighted by Crippen LogP contribution is -1.83. The van der Waals surface area contributed by atoms with Crippen LogP contribution in [0.4, 0.5) is 8.78 Å². The fourth-order valence-electron chi connectivity index (χ4n) is 1.63. The summed E-state index contributed by atoms with van der Waals surface area (Å²) in [6, 6.07) is 5.13. The minimum atomic E-state index is -0.932. The molecule has 94 valence electrons. The Morgan fingerprint density at radius 3 is 2.42 bits per heavy atom. The highest BCUT2D eigenvalue weighted by Gasteiger charge is 2.11. The van der Waals surface area contributed by atoms with Crippen LogP contribution in [0.1, 0.15) is 0 Å². The van der Waals surface area contributed by atoms with Crippen LogP contribution in [0.15, 0.2) is 47.5 Å². The molecule has 4 nitrogen and oxygen atoms in total. The molecule has 0 bridgehead atoms. The lowest BCUT2D eigenvalue weighted by molar-refractivity contribution is 0.434. The van der Waals surface area contributed by atoms with Crippen LogP contribution < -0.4 is 0 Å². The van der Waals surface area contributed by atoms with Crippen molar-refractivity contribution in [3.8, 4) is 22.6 Å². The second-order valence-electron chi connectivity index (χ2n) is 3.83. The molecule has 6 heteroatoms. The van der Waals surface area contributed by atoms with Crippen LogP contribution in [-0.4, -0.2) is 15.1 Å². The Morgan fingerprint density at radius 2 is 1.68 bits per heavy atom. The van der Waals surface area contributed by atoms with Crippen molar-refractivity contribution in [2.45, 2.75) is 0 Å². The molecule has 2 aromatic heterocycles. The summed E-state index contributed by atoms with van der Waals surface area (Å²) < 4.78 is 31.1. The third-order valence-corrected chi connectivity index (χ3v) is 2.57. The van der Waals surface area contributed by atoms with Gasteiger partial charge in [-0.2, -0.15) is 0 Å². The molecule has 0 saturated carbocycles. The summed E-state index contributed by atoms with van der Waals surface area (Å²) in [7, 11) is 0. The predicted octanol–water partition coefficient (Wildman–Crippen LogP) is 3.08. The SMILES string of the molecule is Fc1ccc(-c2cc(-c3cncnc3)no2)cc1F. The van der Waals surface area contributed by atoms with Crippen molar-refractivity contribution in [3.63, 3.8) is 0 Å². The quantitative estimate of drug-likeness (QED) is 0.709. The van der Waals surface area contributed by atoms with Crippen LogP contribution in [0.3, 0.4) is 0 Å². The minimum absolute atomic E-state index is 0.345. The monoisotopic (exact) mass is 259 g/mol. The molecular weight excluding hydrogens is 252 g/mol. The maximum Gasteiger partial charge on any atom is 0.167 e. The molecule has 0 aliphatic carbocycles. The normalized spacial score (nSPS) is 10.6. The molecule has 0 atom stereocenters. The first-order chi connectivity index (χ1) is 9.24. The first kappa shape index (κ1) is 11.5. The van der Waals surface area contributed by atoms with Crippen LogP contribution in [0.25, 0.3) is 22.6 Å². The molecule has 0 radical (unpaired) electrons. The highest BCUT2D eigenvalue weighted by atomic mass is 19.2. The largest absolute Gasteiger partial charge is 0.356 e. The van der Waals surface area contributed by atoms with E-state index < -0.39 is 11.6 Å². The molecular formula is C13H7F2N3O. The molecule has 0 unspecified atom stereocenters. The fraction of sp³-hybridized carbons (Fsp3) is 0. The van der Waals surface area contributed by atoms with Crippen molar-refractivity contribution >= 4 is 0 Å². The van der Waals surface area contributed by atoms with Gasteiger partial charge in [-0.1, -0.05) is 5.16 Å². The zero-order valence-corrected chi connectivity index (χ0v) is 9.55. The van der Waals surface area contributed by atoms with Gasteiger partial charge in [0.15, 0.2) is 17.4 Å². The number of rotatable bonds is 2. The number of hydrogen-bond donors (Lipinski definition) is 0. The molecule has 19 heavy (non-hydrogen) atoms. The summed E-state index contributed by atoms with van der Waals surface area (Å²) in [4.78, 5) is 7.73. The van der Waals surface area contributed by atoms with E-state index >= 15 is 0 Å². The van der Waals surface area contributed by atoms with Crippen LogP contribution >= 0.6 is 0 Å². The zero-order chi connectivity index (χ0) is 13.2. The summed E-state index contributed by atoms with van der Waals surface area (Å²) in [5.74, 6) is -1.49. The van der Waals surface area contributed by atoms with Crippen molar-refractivity contribution in [3.05, 3.63) is 54.6 Å². The number of hydrogen-bond acceptors (Lipinski definition) is 4. The predicted molar refractivity (Wildman–Crippen MR) is 62.9 cm³/mol. The Morgan fingerprint density at radius 1 is 0.895 bits per heavy atom. The Balaban J connectivity index is 1.99. The van der Waals surface area contributed by atoms with Gasteiger partial charge in [0.05, 0.1) is 0 Å². The van der Waals surface area contributed by atoms with Crippen LogP contribution in [0.5, 0.6) is 0 Å². The maximum atomic E-state index is 13.1. The molecule has 3 rings (SSSR count). The Hall–Kier alpha value is -2.63. The lowest BCUT2D eigenvalue weighted by atomic mass is 10.1. The minimum Gasteiger partial charge on any atom is -0.356 e. The topological polar surface area (TPSA) is 51.8 Å². The molecule has 0 fully saturated rings. The smallest absolute Gasteiger partial charge is 0.167 e. The van der Waals surface area contributed by atoms with Gasteiger partial charge in [0, 0.05) is 29.6 Å². The fourth-order valence-corrected chi connectivity index (χ4v) is 1.63. The van der Waals surface area contributed by atoms with E-state index in [0.717, 1.165) is 12.1 Å². The summed E-state index contributed by atoms with van der Waals surface area (Å²) in [5, 5.41) is 3.84. The molecule has 0 aliphatic rings. The molecule has 1 aromatic carbocycles. The second-order valence-corrected chi connectivity index (χ2v) is 3.83. The average molecular weight is 259 g/mol. The van der Waals surface area contributed by atoms with Crippen molar-refractivity contribution < 1.29 is 13.3 Å². The molecule has 0 aliphatic heterocycles. The van der Waals surface area contributed by atoms with E-state index in [1.54, 1.807) is 18.5 Å². The first-order valence-electron chi connectivity index (χ1n) is 5.41. The molecule has 0 saturated heterocycles. The summed E-state index contributed by atoms with van der Waals surface area (Å²) >= 11 is 0.